The number of nitrogens with one attached hydrogen (secondary N) is 2. The average molecular weight is 373 g/mol. The van der Waals surface area contributed by atoms with Crippen LogP contribution in [0.2, 0.25) is 10.0 Å². The fourth-order valence-corrected chi connectivity index (χ4v) is 2.32. The van der Waals surface area contributed by atoms with E-state index in [0.717, 1.165) is 6.07 Å². The molecule has 0 radical (unpaired) electrons. The monoisotopic (exact) mass is 372 g/mol. The summed E-state index contributed by atoms with van der Waals surface area (Å²) in [6, 6.07) is 8.31. The van der Waals surface area contributed by atoms with E-state index in [1.165, 1.54) is 19.2 Å². The molecule has 0 saturated heterocycles. The number of anilines is 1. The molecule has 128 valence electrons. The number of carbonyl (C=O) groups is 1. The fourth-order valence-electron chi connectivity index (χ4n) is 1.84. The highest BCUT2D eigenvalue weighted by atomic mass is 35.5. The zero-order valence-electron chi connectivity index (χ0n) is 12.7. The van der Waals surface area contributed by atoms with Crippen LogP contribution in [0.1, 0.15) is 0 Å². The molecule has 2 N–H and O–H groups in total. The van der Waals surface area contributed by atoms with E-state index in [4.69, 9.17) is 32.7 Å². The number of hydrogen-bond donors (Lipinski definition) is 2. The van der Waals surface area contributed by atoms with Crippen molar-refractivity contribution in [2.24, 2.45) is 0 Å². The Morgan fingerprint density at radius 2 is 1.83 bits per heavy atom. The summed E-state index contributed by atoms with van der Waals surface area (Å²) in [5, 5.41) is 5.81. The number of carbonyl (C=O) groups excluding carboxylic acids is 1. The number of benzene rings is 2. The van der Waals surface area contributed by atoms with Gasteiger partial charge in [0.05, 0.1) is 23.7 Å². The highest BCUT2D eigenvalue weighted by Crippen LogP contribution is 2.27. The summed E-state index contributed by atoms with van der Waals surface area (Å²) < 4.78 is 23.3. The lowest BCUT2D eigenvalue weighted by molar-refractivity contribution is 0.247. The lowest BCUT2D eigenvalue weighted by Gasteiger charge is -2.11. The molecule has 0 aliphatic rings. The molecule has 0 atom stereocenters. The van der Waals surface area contributed by atoms with E-state index in [1.54, 1.807) is 18.2 Å². The van der Waals surface area contributed by atoms with Gasteiger partial charge in [-0.25, -0.2) is 9.18 Å². The van der Waals surface area contributed by atoms with Crippen molar-refractivity contribution in [3.05, 3.63) is 52.3 Å². The maximum absolute atomic E-state index is 12.9. The van der Waals surface area contributed by atoms with Crippen LogP contribution in [0, 0.1) is 5.82 Å². The van der Waals surface area contributed by atoms with Gasteiger partial charge in [-0.2, -0.15) is 0 Å². The first-order valence-corrected chi connectivity index (χ1v) is 7.71. The van der Waals surface area contributed by atoms with Gasteiger partial charge in [-0.15, -0.1) is 0 Å². The molecule has 0 aromatic heterocycles. The summed E-state index contributed by atoms with van der Waals surface area (Å²) in [5.41, 5.74) is 0.529. The zero-order chi connectivity index (χ0) is 17.5. The first kappa shape index (κ1) is 18.2. The van der Waals surface area contributed by atoms with Gasteiger partial charge in [0.15, 0.2) is 0 Å². The van der Waals surface area contributed by atoms with Gasteiger partial charge in [-0.05, 0) is 36.4 Å². The van der Waals surface area contributed by atoms with E-state index in [-0.39, 0.29) is 18.2 Å². The van der Waals surface area contributed by atoms with Gasteiger partial charge < -0.3 is 20.1 Å². The molecule has 2 rings (SSSR count). The van der Waals surface area contributed by atoms with E-state index < -0.39 is 11.8 Å². The summed E-state index contributed by atoms with van der Waals surface area (Å²) in [4.78, 5) is 11.8. The molecule has 0 unspecified atom stereocenters. The van der Waals surface area contributed by atoms with Crippen molar-refractivity contribution >= 4 is 34.9 Å². The minimum atomic E-state index is -0.442. The van der Waals surface area contributed by atoms with Crippen molar-refractivity contribution in [1.29, 1.82) is 0 Å². The van der Waals surface area contributed by atoms with Crippen LogP contribution >= 0.6 is 23.2 Å². The summed E-state index contributed by atoms with van der Waals surface area (Å²) >= 11 is 11.8. The lowest BCUT2D eigenvalue weighted by atomic mass is 10.3. The molecule has 0 aliphatic carbocycles. The third-order valence-corrected chi connectivity index (χ3v) is 3.54. The molecule has 0 saturated carbocycles. The first-order valence-electron chi connectivity index (χ1n) is 6.96. The van der Waals surface area contributed by atoms with Crippen molar-refractivity contribution in [1.82, 2.24) is 5.32 Å². The predicted molar refractivity (Wildman–Crippen MR) is 91.9 cm³/mol. The Bertz CT molecular complexity index is 728. The molecule has 24 heavy (non-hydrogen) atoms. The van der Waals surface area contributed by atoms with Gasteiger partial charge in [0, 0.05) is 5.69 Å². The van der Waals surface area contributed by atoms with Gasteiger partial charge in [0.1, 0.15) is 23.9 Å². The Morgan fingerprint density at radius 3 is 2.50 bits per heavy atom. The quantitative estimate of drug-likeness (QED) is 0.741. The molecule has 0 spiro atoms. The Balaban J connectivity index is 1.76. The van der Waals surface area contributed by atoms with Gasteiger partial charge in [-0.1, -0.05) is 23.2 Å². The lowest BCUT2D eigenvalue weighted by Crippen LogP contribution is -2.32. The molecule has 0 fully saturated rings. The minimum Gasteiger partial charge on any atom is -0.495 e. The van der Waals surface area contributed by atoms with Gasteiger partial charge in [0.25, 0.3) is 0 Å². The minimum absolute atomic E-state index is 0.173. The number of urea groups is 1. The fraction of sp³-hybridized carbons (Fsp3) is 0.188. The molecule has 2 aromatic rings. The second-order valence-electron chi connectivity index (χ2n) is 4.65. The summed E-state index contributed by atoms with van der Waals surface area (Å²) in [5.74, 6) is 0.428. The highest BCUT2D eigenvalue weighted by molar-refractivity contribution is 6.32. The molecule has 2 amide bonds. The third-order valence-electron chi connectivity index (χ3n) is 2.95. The zero-order valence-corrected chi connectivity index (χ0v) is 14.2. The first-order chi connectivity index (χ1) is 11.5. The van der Waals surface area contributed by atoms with Crippen molar-refractivity contribution in [2.45, 2.75) is 0 Å². The van der Waals surface area contributed by atoms with Gasteiger partial charge in [-0.3, -0.25) is 0 Å². The molecule has 0 aliphatic heterocycles. The molecule has 0 heterocycles. The van der Waals surface area contributed by atoms with E-state index in [9.17, 15) is 9.18 Å². The van der Waals surface area contributed by atoms with Gasteiger partial charge >= 0.3 is 6.03 Å². The Hall–Kier alpha value is -2.18. The summed E-state index contributed by atoms with van der Waals surface area (Å²) in [7, 11) is 1.51. The number of methoxy groups -OCH3 is 1. The molecular weight excluding hydrogens is 358 g/mol. The second kappa shape index (κ2) is 8.61. The molecule has 2 aromatic carbocycles. The molecule has 8 heteroatoms. The maximum atomic E-state index is 12.9. The standard InChI is InChI=1S/C16H15Cl2FN2O3/c1-23-14-5-3-11(9-13(14)18)21-16(22)20-6-7-24-15-4-2-10(19)8-12(15)17/h2-5,8-9H,6-7H2,1H3,(H2,20,21,22). The summed E-state index contributed by atoms with van der Waals surface area (Å²) in [6.07, 6.45) is 0. The predicted octanol–water partition coefficient (Wildman–Crippen LogP) is 4.34. The molecule has 5 nitrogen and oxygen atoms in total. The second-order valence-corrected chi connectivity index (χ2v) is 5.47. The van der Waals surface area contributed by atoms with Crippen LogP contribution in [0.25, 0.3) is 0 Å². The normalized spacial score (nSPS) is 10.2. The van der Waals surface area contributed by atoms with Crippen molar-refractivity contribution in [2.75, 3.05) is 25.6 Å². The van der Waals surface area contributed by atoms with Crippen molar-refractivity contribution in [3.63, 3.8) is 0 Å². The Morgan fingerprint density at radius 1 is 1.12 bits per heavy atom. The topological polar surface area (TPSA) is 59.6 Å². The SMILES string of the molecule is COc1ccc(NC(=O)NCCOc2ccc(F)cc2Cl)cc1Cl. The Kier molecular flexibility index (Phi) is 6.52. The number of halogens is 3. The summed E-state index contributed by atoms with van der Waals surface area (Å²) in [6.45, 7) is 0.422. The van der Waals surface area contributed by atoms with Crippen LogP contribution in [0.5, 0.6) is 11.5 Å². The van der Waals surface area contributed by atoms with Crippen LogP contribution in [0.15, 0.2) is 36.4 Å². The highest BCUT2D eigenvalue weighted by Gasteiger charge is 2.06. The average Bonchev–Trinajstić information content (AvgIpc) is 2.53. The molecular formula is C16H15Cl2FN2O3. The van der Waals surface area contributed by atoms with E-state index >= 15 is 0 Å². The van der Waals surface area contributed by atoms with Crippen LogP contribution in [-0.4, -0.2) is 26.3 Å². The van der Waals surface area contributed by atoms with Gasteiger partial charge in [0.2, 0.25) is 0 Å². The van der Waals surface area contributed by atoms with E-state index in [0.29, 0.717) is 22.2 Å². The van der Waals surface area contributed by atoms with E-state index in [2.05, 4.69) is 10.6 Å². The van der Waals surface area contributed by atoms with Crippen LogP contribution in [-0.2, 0) is 0 Å². The van der Waals surface area contributed by atoms with Crippen LogP contribution < -0.4 is 20.1 Å². The largest absolute Gasteiger partial charge is 0.495 e. The number of hydrogen-bond acceptors (Lipinski definition) is 3. The smallest absolute Gasteiger partial charge is 0.319 e. The maximum Gasteiger partial charge on any atom is 0.319 e. The number of ether oxygens (including phenoxy) is 2. The van der Waals surface area contributed by atoms with Crippen LogP contribution in [0.3, 0.4) is 0 Å². The number of rotatable bonds is 6. The number of amides is 2. The van der Waals surface area contributed by atoms with E-state index in [1.807, 2.05) is 0 Å². The molecule has 0 bridgehead atoms. The van der Waals surface area contributed by atoms with Crippen LogP contribution in [0.4, 0.5) is 14.9 Å². The Labute approximate surface area is 148 Å². The third kappa shape index (κ3) is 5.18. The van der Waals surface area contributed by atoms with Crippen molar-refractivity contribution < 1.29 is 18.7 Å². The van der Waals surface area contributed by atoms with Crippen molar-refractivity contribution in [3.8, 4) is 11.5 Å².